The van der Waals surface area contributed by atoms with Crippen LogP contribution >= 0.6 is 0 Å². The summed E-state index contributed by atoms with van der Waals surface area (Å²) in [5, 5.41) is 0. The van der Waals surface area contributed by atoms with Gasteiger partial charge in [-0.05, 0) is 31.0 Å². The highest BCUT2D eigenvalue weighted by Gasteiger charge is 2.34. The van der Waals surface area contributed by atoms with E-state index in [4.69, 9.17) is 11.2 Å². The molecule has 0 heterocycles. The van der Waals surface area contributed by atoms with Crippen molar-refractivity contribution in [3.05, 3.63) is 28.8 Å². The molecule has 0 bridgehead atoms. The number of aryl methyl sites for hydroxylation is 1. The Morgan fingerprint density at radius 1 is 1.26 bits per heavy atom. The molecule has 3 heteroatoms. The minimum Gasteiger partial charge on any atom is -0.496 e. The molecule has 0 aromatic heterocycles. The normalized spacial score (nSPS) is 16.3. The lowest BCUT2D eigenvalue weighted by molar-refractivity contribution is -0.131. The van der Waals surface area contributed by atoms with E-state index < -0.39 is 5.92 Å². The fraction of sp³-hybridized carbons (Fsp3) is 0.375. The average molecular weight is 256 g/mol. The SMILES string of the molecule is C#Cc1cc(C)c(C2C(=O)CCCC2=O)c(OC)c1. The van der Waals surface area contributed by atoms with E-state index >= 15 is 0 Å². The Kier molecular flexibility index (Phi) is 3.71. The molecule has 1 saturated carbocycles. The predicted octanol–water partition coefficient (Wildman–Crippen LogP) is 2.39. The Bertz CT molecular complexity index is 562. The Labute approximate surface area is 113 Å². The topological polar surface area (TPSA) is 43.4 Å². The Balaban J connectivity index is 2.58. The van der Waals surface area contributed by atoms with Crippen molar-refractivity contribution in [1.82, 2.24) is 0 Å². The lowest BCUT2D eigenvalue weighted by atomic mass is 9.79. The zero-order valence-electron chi connectivity index (χ0n) is 11.2. The monoisotopic (exact) mass is 256 g/mol. The minimum absolute atomic E-state index is 0.0221. The van der Waals surface area contributed by atoms with Crippen molar-refractivity contribution < 1.29 is 14.3 Å². The number of terminal acetylenes is 1. The van der Waals surface area contributed by atoms with Gasteiger partial charge in [-0.3, -0.25) is 9.59 Å². The van der Waals surface area contributed by atoms with E-state index in [1.54, 1.807) is 6.07 Å². The quantitative estimate of drug-likeness (QED) is 0.603. The van der Waals surface area contributed by atoms with Crippen LogP contribution in [0.1, 0.15) is 41.9 Å². The summed E-state index contributed by atoms with van der Waals surface area (Å²) in [5.74, 6) is 2.35. The first-order valence-corrected chi connectivity index (χ1v) is 6.29. The second kappa shape index (κ2) is 5.27. The molecular formula is C16H16O3. The third-order valence-corrected chi connectivity index (χ3v) is 3.51. The number of Topliss-reactive ketones (excluding diaryl/α,β-unsaturated/α-hetero) is 2. The minimum atomic E-state index is -0.685. The molecular weight excluding hydrogens is 240 g/mol. The summed E-state index contributed by atoms with van der Waals surface area (Å²) in [6.45, 7) is 1.86. The lowest BCUT2D eigenvalue weighted by Gasteiger charge is -2.23. The summed E-state index contributed by atoms with van der Waals surface area (Å²) in [6, 6.07) is 3.52. The summed E-state index contributed by atoms with van der Waals surface area (Å²) in [7, 11) is 1.52. The fourth-order valence-corrected chi connectivity index (χ4v) is 2.62. The molecule has 0 spiro atoms. The average Bonchev–Trinajstić information content (AvgIpc) is 2.39. The summed E-state index contributed by atoms with van der Waals surface area (Å²) >= 11 is 0. The summed E-state index contributed by atoms with van der Waals surface area (Å²) in [6.07, 6.45) is 6.95. The van der Waals surface area contributed by atoms with Gasteiger partial charge in [-0.2, -0.15) is 0 Å². The van der Waals surface area contributed by atoms with Gasteiger partial charge in [0.05, 0.1) is 7.11 Å². The van der Waals surface area contributed by atoms with Gasteiger partial charge in [-0.25, -0.2) is 0 Å². The molecule has 0 aliphatic heterocycles. The molecule has 2 rings (SSSR count). The molecule has 1 aromatic carbocycles. The third-order valence-electron chi connectivity index (χ3n) is 3.51. The van der Waals surface area contributed by atoms with E-state index in [1.807, 2.05) is 13.0 Å². The van der Waals surface area contributed by atoms with Crippen LogP contribution in [0.2, 0.25) is 0 Å². The van der Waals surface area contributed by atoms with Crippen LogP contribution in [-0.4, -0.2) is 18.7 Å². The van der Waals surface area contributed by atoms with Gasteiger partial charge >= 0.3 is 0 Å². The highest BCUT2D eigenvalue weighted by molar-refractivity contribution is 6.10. The van der Waals surface area contributed by atoms with Crippen LogP contribution in [0.5, 0.6) is 5.75 Å². The largest absolute Gasteiger partial charge is 0.496 e. The van der Waals surface area contributed by atoms with Gasteiger partial charge in [0.1, 0.15) is 23.2 Å². The van der Waals surface area contributed by atoms with Gasteiger partial charge in [0, 0.05) is 24.0 Å². The number of carbonyl (C=O) groups excluding carboxylic acids is 2. The van der Waals surface area contributed by atoms with Crippen LogP contribution in [0.4, 0.5) is 0 Å². The van der Waals surface area contributed by atoms with E-state index in [1.165, 1.54) is 7.11 Å². The van der Waals surface area contributed by atoms with Crippen LogP contribution in [-0.2, 0) is 9.59 Å². The van der Waals surface area contributed by atoms with E-state index in [-0.39, 0.29) is 11.6 Å². The van der Waals surface area contributed by atoms with Gasteiger partial charge in [0.2, 0.25) is 0 Å². The molecule has 0 unspecified atom stereocenters. The Hall–Kier alpha value is -2.08. The highest BCUT2D eigenvalue weighted by Crippen LogP contribution is 2.36. The highest BCUT2D eigenvalue weighted by atomic mass is 16.5. The molecule has 1 aliphatic rings. The first-order valence-electron chi connectivity index (χ1n) is 6.29. The molecule has 3 nitrogen and oxygen atoms in total. The maximum Gasteiger partial charge on any atom is 0.147 e. The molecule has 1 fully saturated rings. The Morgan fingerprint density at radius 2 is 1.89 bits per heavy atom. The van der Waals surface area contributed by atoms with E-state index in [0.29, 0.717) is 36.1 Å². The van der Waals surface area contributed by atoms with Crippen LogP contribution in [0.15, 0.2) is 12.1 Å². The van der Waals surface area contributed by atoms with Gasteiger partial charge in [-0.1, -0.05) is 5.92 Å². The number of benzene rings is 1. The van der Waals surface area contributed by atoms with Crippen molar-refractivity contribution in [2.45, 2.75) is 32.1 Å². The number of rotatable bonds is 2. The number of carbonyl (C=O) groups is 2. The summed E-state index contributed by atoms with van der Waals surface area (Å²) < 4.78 is 5.32. The smallest absolute Gasteiger partial charge is 0.147 e. The first-order chi connectivity index (χ1) is 9.08. The molecule has 1 aromatic rings. The maximum atomic E-state index is 12.1. The van der Waals surface area contributed by atoms with Crippen LogP contribution in [0, 0.1) is 19.3 Å². The second-order valence-electron chi connectivity index (χ2n) is 4.77. The second-order valence-corrected chi connectivity index (χ2v) is 4.77. The molecule has 1 aliphatic carbocycles. The van der Waals surface area contributed by atoms with E-state index in [2.05, 4.69) is 5.92 Å². The number of hydrogen-bond donors (Lipinski definition) is 0. The number of hydrogen-bond acceptors (Lipinski definition) is 3. The number of methoxy groups -OCH3 is 1. The zero-order chi connectivity index (χ0) is 14.0. The number of ketones is 2. The predicted molar refractivity (Wildman–Crippen MR) is 72.3 cm³/mol. The van der Waals surface area contributed by atoms with Gasteiger partial charge < -0.3 is 4.74 Å². The van der Waals surface area contributed by atoms with Crippen molar-refractivity contribution in [2.24, 2.45) is 0 Å². The molecule has 0 amide bonds. The van der Waals surface area contributed by atoms with Crippen LogP contribution < -0.4 is 4.74 Å². The fourth-order valence-electron chi connectivity index (χ4n) is 2.62. The molecule has 0 N–H and O–H groups in total. The lowest BCUT2D eigenvalue weighted by Crippen LogP contribution is -2.27. The van der Waals surface area contributed by atoms with Crippen molar-refractivity contribution in [3.63, 3.8) is 0 Å². The third kappa shape index (κ3) is 2.39. The molecule has 98 valence electrons. The Morgan fingerprint density at radius 3 is 2.42 bits per heavy atom. The molecule has 0 saturated heterocycles. The molecule has 0 atom stereocenters. The molecule has 0 radical (unpaired) electrons. The van der Waals surface area contributed by atoms with Crippen molar-refractivity contribution in [1.29, 1.82) is 0 Å². The van der Waals surface area contributed by atoms with E-state index in [0.717, 1.165) is 5.56 Å². The van der Waals surface area contributed by atoms with Crippen molar-refractivity contribution >= 4 is 11.6 Å². The summed E-state index contributed by atoms with van der Waals surface area (Å²) in [5.41, 5.74) is 2.20. The first kappa shape index (κ1) is 13.4. The summed E-state index contributed by atoms with van der Waals surface area (Å²) in [4.78, 5) is 24.1. The van der Waals surface area contributed by atoms with Crippen LogP contribution in [0.25, 0.3) is 0 Å². The maximum absolute atomic E-state index is 12.1. The van der Waals surface area contributed by atoms with Gasteiger partial charge in [0.15, 0.2) is 0 Å². The zero-order valence-corrected chi connectivity index (χ0v) is 11.2. The number of ether oxygens (including phenoxy) is 1. The van der Waals surface area contributed by atoms with Crippen molar-refractivity contribution in [2.75, 3.05) is 7.11 Å². The van der Waals surface area contributed by atoms with Gasteiger partial charge in [0.25, 0.3) is 0 Å². The van der Waals surface area contributed by atoms with E-state index in [9.17, 15) is 9.59 Å². The molecule has 19 heavy (non-hydrogen) atoms. The van der Waals surface area contributed by atoms with Crippen molar-refractivity contribution in [3.8, 4) is 18.1 Å². The standard InChI is InChI=1S/C16H16O3/c1-4-11-8-10(2)15(14(9-11)19-3)16-12(17)6-5-7-13(16)18/h1,8-9,16H,5-7H2,2-3H3. The van der Waals surface area contributed by atoms with Crippen LogP contribution in [0.3, 0.4) is 0 Å². The van der Waals surface area contributed by atoms with Gasteiger partial charge in [-0.15, -0.1) is 6.42 Å².